The van der Waals surface area contributed by atoms with Crippen molar-refractivity contribution in [3.8, 4) is 0 Å². The van der Waals surface area contributed by atoms with E-state index in [4.69, 9.17) is 4.99 Å². The van der Waals surface area contributed by atoms with E-state index in [1.165, 1.54) is 10.5 Å². The van der Waals surface area contributed by atoms with E-state index < -0.39 is 0 Å². The first-order chi connectivity index (χ1) is 11.9. The first kappa shape index (κ1) is 19.6. The summed E-state index contributed by atoms with van der Waals surface area (Å²) in [7, 11) is 0. The number of nitrogens with zero attached hydrogens (tertiary/aromatic N) is 3. The normalized spacial score (nSPS) is 18.6. The van der Waals surface area contributed by atoms with Gasteiger partial charge in [0.05, 0.1) is 5.69 Å². The number of rotatable bonds is 5. The highest BCUT2D eigenvalue weighted by atomic mass is 32.2. The third kappa shape index (κ3) is 4.49. The van der Waals surface area contributed by atoms with Crippen LogP contribution >= 0.6 is 11.8 Å². The molecular formula is C21H31N3S. The Balaban J connectivity index is 2.28. The summed E-state index contributed by atoms with van der Waals surface area (Å²) in [4.78, 5) is 11.0. The van der Waals surface area contributed by atoms with Gasteiger partial charge in [0.15, 0.2) is 0 Å². The number of benzene rings is 1. The van der Waals surface area contributed by atoms with E-state index in [9.17, 15) is 0 Å². The van der Waals surface area contributed by atoms with Crippen molar-refractivity contribution < 1.29 is 0 Å². The van der Waals surface area contributed by atoms with E-state index in [1.807, 2.05) is 6.08 Å². The molecule has 0 saturated carbocycles. The second kappa shape index (κ2) is 8.61. The second-order valence-electron chi connectivity index (χ2n) is 6.90. The first-order valence-corrected chi connectivity index (χ1v) is 10.2. The molecule has 1 saturated heterocycles. The lowest BCUT2D eigenvalue weighted by atomic mass is 10.0. The lowest BCUT2D eigenvalue weighted by Crippen LogP contribution is -2.52. The lowest BCUT2D eigenvalue weighted by molar-refractivity contribution is 0.170. The highest BCUT2D eigenvalue weighted by Crippen LogP contribution is 2.36. The molecule has 0 bridgehead atoms. The molecule has 0 amide bonds. The van der Waals surface area contributed by atoms with Crippen LogP contribution in [0.4, 0.5) is 5.69 Å². The van der Waals surface area contributed by atoms with Crippen molar-refractivity contribution >= 4 is 23.3 Å². The number of piperazine rings is 1. The Kier molecular flexibility index (Phi) is 6.77. The van der Waals surface area contributed by atoms with E-state index in [2.05, 4.69) is 75.1 Å². The van der Waals surface area contributed by atoms with Gasteiger partial charge in [-0.1, -0.05) is 39.1 Å². The van der Waals surface area contributed by atoms with Crippen LogP contribution in [0.25, 0.3) is 0 Å². The molecule has 0 aromatic heterocycles. The molecule has 136 valence electrons. The van der Waals surface area contributed by atoms with E-state index in [-0.39, 0.29) is 0 Å². The van der Waals surface area contributed by atoms with Gasteiger partial charge in [0.1, 0.15) is 5.84 Å². The molecule has 1 aliphatic heterocycles. The lowest BCUT2D eigenvalue weighted by Gasteiger charge is -2.42. The smallest absolute Gasteiger partial charge is 0.102 e. The monoisotopic (exact) mass is 357 g/mol. The molecule has 3 nitrogen and oxygen atoms in total. The van der Waals surface area contributed by atoms with E-state index in [0.29, 0.717) is 12.0 Å². The Bertz CT molecular complexity index is 663. The standard InChI is InChI=1S/C21H31N3S/c1-8-16(4)23-12-13-24(17(5)14-23)18(6)22-21-19(15(2)3)10-9-11-20(21)25-7/h8-11,15,17H,1,4,12-14H2,2-3,5-7H3. The summed E-state index contributed by atoms with van der Waals surface area (Å²) in [5.41, 5.74) is 3.46. The third-order valence-corrected chi connectivity index (χ3v) is 5.60. The summed E-state index contributed by atoms with van der Waals surface area (Å²) in [6.07, 6.45) is 3.96. The number of amidine groups is 1. The molecule has 1 atom stereocenters. The summed E-state index contributed by atoms with van der Waals surface area (Å²) >= 11 is 1.77. The third-order valence-electron chi connectivity index (χ3n) is 4.83. The van der Waals surface area contributed by atoms with Crippen LogP contribution in [-0.4, -0.2) is 47.6 Å². The van der Waals surface area contributed by atoms with Gasteiger partial charge in [-0.3, -0.25) is 0 Å². The molecule has 1 unspecified atom stereocenters. The van der Waals surface area contributed by atoms with Gasteiger partial charge in [0, 0.05) is 36.3 Å². The predicted octanol–water partition coefficient (Wildman–Crippen LogP) is 5.29. The van der Waals surface area contributed by atoms with Crippen molar-refractivity contribution in [2.24, 2.45) is 4.99 Å². The molecule has 1 aromatic carbocycles. The molecule has 2 rings (SSSR count). The zero-order valence-corrected chi connectivity index (χ0v) is 17.1. The molecule has 1 aliphatic rings. The average molecular weight is 358 g/mol. The predicted molar refractivity (Wildman–Crippen MR) is 112 cm³/mol. The SMILES string of the molecule is C=CC(=C)N1CCN(C(C)=Nc2c(SC)cccc2C(C)C)C(C)C1. The van der Waals surface area contributed by atoms with Crippen LogP contribution in [0, 0.1) is 0 Å². The van der Waals surface area contributed by atoms with Crippen LogP contribution in [0.1, 0.15) is 39.2 Å². The van der Waals surface area contributed by atoms with Gasteiger partial charge >= 0.3 is 0 Å². The quantitative estimate of drug-likeness (QED) is 0.309. The van der Waals surface area contributed by atoms with E-state index in [0.717, 1.165) is 36.9 Å². The van der Waals surface area contributed by atoms with Crippen molar-refractivity contribution in [3.63, 3.8) is 0 Å². The van der Waals surface area contributed by atoms with Gasteiger partial charge in [-0.05, 0) is 43.7 Å². The Morgan fingerprint density at radius 1 is 1.36 bits per heavy atom. The van der Waals surface area contributed by atoms with Gasteiger partial charge in [0.25, 0.3) is 0 Å². The average Bonchev–Trinajstić information content (AvgIpc) is 2.60. The van der Waals surface area contributed by atoms with Gasteiger partial charge in [-0.2, -0.15) is 0 Å². The fraction of sp³-hybridized carbons (Fsp3) is 0.476. The summed E-state index contributed by atoms with van der Waals surface area (Å²) in [6, 6.07) is 6.90. The first-order valence-electron chi connectivity index (χ1n) is 8.94. The molecule has 0 aliphatic carbocycles. The highest BCUT2D eigenvalue weighted by molar-refractivity contribution is 7.98. The largest absolute Gasteiger partial charge is 0.368 e. The van der Waals surface area contributed by atoms with Gasteiger partial charge in [0.2, 0.25) is 0 Å². The van der Waals surface area contributed by atoms with Crippen LogP contribution < -0.4 is 0 Å². The molecular weight excluding hydrogens is 326 g/mol. The maximum Gasteiger partial charge on any atom is 0.102 e. The van der Waals surface area contributed by atoms with Crippen molar-refractivity contribution in [3.05, 3.63) is 48.7 Å². The summed E-state index contributed by atoms with van der Waals surface area (Å²) < 4.78 is 0. The maximum atomic E-state index is 5.08. The second-order valence-corrected chi connectivity index (χ2v) is 7.74. The molecule has 1 fully saturated rings. The molecule has 0 radical (unpaired) electrons. The minimum atomic E-state index is 0.401. The van der Waals surface area contributed by atoms with Crippen LogP contribution in [0.3, 0.4) is 0 Å². The summed E-state index contributed by atoms with van der Waals surface area (Å²) in [5, 5.41) is 0. The molecule has 1 heterocycles. The van der Waals surface area contributed by atoms with Gasteiger partial charge < -0.3 is 9.80 Å². The zero-order chi connectivity index (χ0) is 18.6. The number of aliphatic imine (C=N–C) groups is 1. The van der Waals surface area contributed by atoms with Crippen molar-refractivity contribution in [1.29, 1.82) is 0 Å². The number of para-hydroxylation sites is 1. The Morgan fingerprint density at radius 2 is 2.08 bits per heavy atom. The Morgan fingerprint density at radius 3 is 2.64 bits per heavy atom. The molecule has 0 spiro atoms. The Labute approximate surface area is 157 Å². The molecule has 0 N–H and O–H groups in total. The highest BCUT2D eigenvalue weighted by Gasteiger charge is 2.25. The molecule has 4 heteroatoms. The van der Waals surface area contributed by atoms with Crippen molar-refractivity contribution in [2.75, 3.05) is 25.9 Å². The topological polar surface area (TPSA) is 18.8 Å². The summed E-state index contributed by atoms with van der Waals surface area (Å²) in [6.45, 7) is 19.6. The van der Waals surface area contributed by atoms with E-state index in [1.54, 1.807) is 11.8 Å². The van der Waals surface area contributed by atoms with Crippen LogP contribution in [0.2, 0.25) is 0 Å². The Hall–Kier alpha value is -1.68. The zero-order valence-electron chi connectivity index (χ0n) is 16.2. The molecule has 1 aromatic rings. The number of allylic oxidation sites excluding steroid dienone is 1. The minimum absolute atomic E-state index is 0.401. The van der Waals surface area contributed by atoms with E-state index >= 15 is 0 Å². The number of hydrogen-bond donors (Lipinski definition) is 0. The van der Waals surface area contributed by atoms with Crippen LogP contribution in [0.15, 0.2) is 53.0 Å². The van der Waals surface area contributed by atoms with Crippen LogP contribution in [-0.2, 0) is 0 Å². The van der Waals surface area contributed by atoms with Gasteiger partial charge in [-0.15, -0.1) is 11.8 Å². The number of hydrogen-bond acceptors (Lipinski definition) is 3. The molecule has 25 heavy (non-hydrogen) atoms. The summed E-state index contributed by atoms with van der Waals surface area (Å²) in [5.74, 6) is 1.56. The van der Waals surface area contributed by atoms with Crippen molar-refractivity contribution in [1.82, 2.24) is 9.80 Å². The number of thioether (sulfide) groups is 1. The van der Waals surface area contributed by atoms with Crippen molar-refractivity contribution in [2.45, 2.75) is 44.6 Å². The maximum absolute atomic E-state index is 5.08. The minimum Gasteiger partial charge on any atom is -0.368 e. The fourth-order valence-corrected chi connectivity index (χ4v) is 3.92. The fourth-order valence-electron chi connectivity index (χ4n) is 3.34. The van der Waals surface area contributed by atoms with Gasteiger partial charge in [-0.25, -0.2) is 4.99 Å². The van der Waals surface area contributed by atoms with Crippen LogP contribution in [0.5, 0.6) is 0 Å².